The van der Waals surface area contributed by atoms with Gasteiger partial charge in [-0.1, -0.05) is 0 Å². The molecule has 1 N–H and O–H groups in total. The highest BCUT2D eigenvalue weighted by atomic mass is 32.1. The van der Waals surface area contributed by atoms with Crippen LogP contribution in [0.15, 0.2) is 48.5 Å². The maximum Gasteiger partial charge on any atom is 0.267 e. The number of hydrogen-bond acceptors (Lipinski definition) is 3. The molecule has 1 aromatic heterocycles. The van der Waals surface area contributed by atoms with Crippen molar-refractivity contribution in [2.45, 2.75) is 0 Å². The molecule has 2 aromatic carbocycles. The van der Waals surface area contributed by atoms with Crippen molar-refractivity contribution < 1.29 is 18.0 Å². The van der Waals surface area contributed by atoms with E-state index in [0.29, 0.717) is 17.3 Å². The molecule has 0 spiro atoms. The Kier molecular flexibility index (Phi) is 4.12. The monoisotopic (exact) mass is 334 g/mol. The Morgan fingerprint density at radius 2 is 1.65 bits per heavy atom. The highest BCUT2D eigenvalue weighted by Crippen LogP contribution is 2.23. The molecule has 1 heterocycles. The lowest BCUT2D eigenvalue weighted by molar-refractivity contribution is 0.103. The van der Waals surface area contributed by atoms with Crippen molar-refractivity contribution >= 4 is 23.1 Å². The van der Waals surface area contributed by atoms with E-state index in [1.807, 2.05) is 0 Å². The summed E-state index contributed by atoms with van der Waals surface area (Å²) in [4.78, 5) is 12.3. The standard InChI is InChI=1S/C16H9F3N2OS/c17-10-3-1-9(2-4-10)14-8-15(23-21-14)16(22)20-13-6-5-11(18)7-12(13)19/h1-8H,(H,20,22). The normalized spacial score (nSPS) is 10.6. The largest absolute Gasteiger partial charge is 0.319 e. The van der Waals surface area contributed by atoms with E-state index in [9.17, 15) is 18.0 Å². The summed E-state index contributed by atoms with van der Waals surface area (Å²) in [5.74, 6) is -2.51. The molecular weight excluding hydrogens is 325 g/mol. The number of amides is 1. The van der Waals surface area contributed by atoms with Crippen LogP contribution in [0.2, 0.25) is 0 Å². The van der Waals surface area contributed by atoms with Gasteiger partial charge in [-0.3, -0.25) is 4.79 Å². The molecule has 7 heteroatoms. The van der Waals surface area contributed by atoms with Gasteiger partial charge in [0, 0.05) is 11.6 Å². The first-order chi connectivity index (χ1) is 11.0. The van der Waals surface area contributed by atoms with Gasteiger partial charge in [0.15, 0.2) is 0 Å². The van der Waals surface area contributed by atoms with Crippen molar-refractivity contribution in [3.8, 4) is 11.3 Å². The molecule has 23 heavy (non-hydrogen) atoms. The minimum atomic E-state index is -0.860. The molecule has 3 rings (SSSR count). The second-order valence-electron chi connectivity index (χ2n) is 4.66. The van der Waals surface area contributed by atoms with Crippen molar-refractivity contribution in [1.82, 2.24) is 4.37 Å². The summed E-state index contributed by atoms with van der Waals surface area (Å²) in [6.07, 6.45) is 0. The van der Waals surface area contributed by atoms with Gasteiger partial charge in [-0.15, -0.1) is 0 Å². The minimum Gasteiger partial charge on any atom is -0.319 e. The Balaban J connectivity index is 1.79. The molecule has 3 nitrogen and oxygen atoms in total. The number of anilines is 1. The third-order valence-corrected chi connectivity index (χ3v) is 3.84. The Bertz CT molecular complexity index is 862. The Morgan fingerprint density at radius 1 is 0.957 bits per heavy atom. The van der Waals surface area contributed by atoms with Gasteiger partial charge in [0.2, 0.25) is 0 Å². The highest BCUT2D eigenvalue weighted by molar-refractivity contribution is 7.08. The lowest BCUT2D eigenvalue weighted by Crippen LogP contribution is -2.11. The fourth-order valence-electron chi connectivity index (χ4n) is 1.91. The van der Waals surface area contributed by atoms with E-state index in [0.717, 1.165) is 23.7 Å². The van der Waals surface area contributed by atoms with Crippen LogP contribution in [0.4, 0.5) is 18.9 Å². The minimum absolute atomic E-state index is 0.117. The van der Waals surface area contributed by atoms with E-state index in [4.69, 9.17) is 0 Å². The van der Waals surface area contributed by atoms with Gasteiger partial charge in [0.1, 0.15) is 22.3 Å². The summed E-state index contributed by atoms with van der Waals surface area (Å²) in [5.41, 5.74) is 1.06. The van der Waals surface area contributed by atoms with Crippen LogP contribution in [0.25, 0.3) is 11.3 Å². The summed E-state index contributed by atoms with van der Waals surface area (Å²) in [7, 11) is 0. The van der Waals surface area contributed by atoms with Crippen molar-refractivity contribution in [2.75, 3.05) is 5.32 Å². The Hall–Kier alpha value is -2.67. The summed E-state index contributed by atoms with van der Waals surface area (Å²) in [6.45, 7) is 0. The van der Waals surface area contributed by atoms with Gasteiger partial charge in [-0.2, -0.15) is 4.37 Å². The number of nitrogens with zero attached hydrogens (tertiary/aromatic N) is 1. The SMILES string of the molecule is O=C(Nc1ccc(F)cc1F)c1cc(-c2ccc(F)cc2)ns1. The summed E-state index contributed by atoms with van der Waals surface area (Å²) in [6, 6.07) is 10.1. The van der Waals surface area contributed by atoms with E-state index in [-0.39, 0.29) is 16.4 Å². The van der Waals surface area contributed by atoms with Crippen LogP contribution in [0, 0.1) is 17.5 Å². The van der Waals surface area contributed by atoms with Gasteiger partial charge in [0.05, 0.1) is 11.4 Å². The van der Waals surface area contributed by atoms with Crippen molar-refractivity contribution in [1.29, 1.82) is 0 Å². The number of carbonyl (C=O) groups is 1. The molecule has 3 aromatic rings. The van der Waals surface area contributed by atoms with E-state index in [1.54, 1.807) is 12.1 Å². The summed E-state index contributed by atoms with van der Waals surface area (Å²) < 4.78 is 43.4. The molecule has 116 valence electrons. The zero-order chi connectivity index (χ0) is 16.4. The topological polar surface area (TPSA) is 42.0 Å². The van der Waals surface area contributed by atoms with E-state index in [1.165, 1.54) is 18.2 Å². The average Bonchev–Trinajstić information content (AvgIpc) is 3.01. The Morgan fingerprint density at radius 3 is 2.35 bits per heavy atom. The predicted octanol–water partition coefficient (Wildman–Crippen LogP) is 4.48. The molecule has 0 bridgehead atoms. The number of rotatable bonds is 3. The van der Waals surface area contributed by atoms with Crippen LogP contribution in [0.3, 0.4) is 0 Å². The zero-order valence-electron chi connectivity index (χ0n) is 11.5. The highest BCUT2D eigenvalue weighted by Gasteiger charge is 2.14. The number of nitrogens with one attached hydrogen (secondary N) is 1. The summed E-state index contributed by atoms with van der Waals surface area (Å²) >= 11 is 0.933. The van der Waals surface area contributed by atoms with E-state index in [2.05, 4.69) is 9.69 Å². The van der Waals surface area contributed by atoms with Crippen LogP contribution in [0.1, 0.15) is 9.67 Å². The first-order valence-electron chi connectivity index (χ1n) is 6.52. The molecule has 1 amide bonds. The van der Waals surface area contributed by atoms with Crippen LogP contribution in [-0.4, -0.2) is 10.3 Å². The molecule has 0 saturated heterocycles. The van der Waals surface area contributed by atoms with Crippen LogP contribution in [0.5, 0.6) is 0 Å². The van der Waals surface area contributed by atoms with E-state index < -0.39 is 17.5 Å². The maximum absolute atomic E-state index is 13.5. The lowest BCUT2D eigenvalue weighted by Gasteiger charge is -2.04. The summed E-state index contributed by atoms with van der Waals surface area (Å²) in [5, 5.41) is 2.36. The molecule has 0 aliphatic carbocycles. The first-order valence-corrected chi connectivity index (χ1v) is 7.29. The van der Waals surface area contributed by atoms with Crippen LogP contribution < -0.4 is 5.32 Å². The third kappa shape index (κ3) is 3.40. The number of halogens is 3. The maximum atomic E-state index is 13.5. The third-order valence-electron chi connectivity index (χ3n) is 3.05. The van der Waals surface area contributed by atoms with Gasteiger partial charge >= 0.3 is 0 Å². The zero-order valence-corrected chi connectivity index (χ0v) is 12.3. The van der Waals surface area contributed by atoms with Crippen LogP contribution in [-0.2, 0) is 0 Å². The fraction of sp³-hybridized carbons (Fsp3) is 0. The quantitative estimate of drug-likeness (QED) is 0.767. The molecule has 0 radical (unpaired) electrons. The average molecular weight is 334 g/mol. The molecular formula is C16H9F3N2OS. The van der Waals surface area contributed by atoms with Gasteiger partial charge < -0.3 is 5.32 Å². The first kappa shape index (κ1) is 15.2. The second-order valence-corrected chi connectivity index (χ2v) is 5.47. The molecule has 0 aliphatic rings. The van der Waals surface area contributed by atoms with Gasteiger partial charge in [-0.25, -0.2) is 13.2 Å². The lowest BCUT2D eigenvalue weighted by atomic mass is 10.1. The second kappa shape index (κ2) is 6.21. The number of benzene rings is 2. The van der Waals surface area contributed by atoms with Gasteiger partial charge in [0.25, 0.3) is 5.91 Å². The predicted molar refractivity (Wildman–Crippen MR) is 81.8 cm³/mol. The fourth-order valence-corrected chi connectivity index (χ4v) is 2.57. The molecule has 0 saturated carbocycles. The smallest absolute Gasteiger partial charge is 0.267 e. The van der Waals surface area contributed by atoms with E-state index >= 15 is 0 Å². The number of hydrogen-bond donors (Lipinski definition) is 1. The Labute approximate surface area is 133 Å². The van der Waals surface area contributed by atoms with Crippen molar-refractivity contribution in [3.63, 3.8) is 0 Å². The number of aromatic nitrogens is 1. The molecule has 0 aliphatic heterocycles. The number of carbonyl (C=O) groups excluding carboxylic acids is 1. The van der Waals surface area contributed by atoms with Crippen molar-refractivity contribution in [3.05, 3.63) is 70.9 Å². The molecule has 0 fully saturated rings. The molecule has 0 unspecified atom stereocenters. The van der Waals surface area contributed by atoms with Gasteiger partial charge in [-0.05, 0) is 54.0 Å². The molecule has 0 atom stereocenters. The van der Waals surface area contributed by atoms with Crippen LogP contribution >= 0.6 is 11.5 Å². The van der Waals surface area contributed by atoms with Crippen molar-refractivity contribution in [2.24, 2.45) is 0 Å².